The molecule has 0 bridgehead atoms. The van der Waals surface area contributed by atoms with Gasteiger partial charge in [-0.15, -0.1) is 0 Å². The molecule has 5 heteroatoms. The minimum atomic E-state index is -0.124. The van der Waals surface area contributed by atoms with E-state index in [-0.39, 0.29) is 11.8 Å². The first kappa shape index (κ1) is 16.5. The summed E-state index contributed by atoms with van der Waals surface area (Å²) in [6.07, 6.45) is 1.07. The molecule has 2 aromatic carbocycles. The first-order valence-electron chi connectivity index (χ1n) is 7.37. The Morgan fingerprint density at radius 2 is 1.48 bits per heavy atom. The summed E-state index contributed by atoms with van der Waals surface area (Å²) in [6.45, 7) is 1.45. The minimum absolute atomic E-state index is 0.0481. The van der Waals surface area contributed by atoms with Crippen molar-refractivity contribution in [1.82, 2.24) is 0 Å². The van der Waals surface area contributed by atoms with Crippen LogP contribution in [0.15, 0.2) is 48.5 Å². The molecule has 0 aromatic heterocycles. The predicted molar refractivity (Wildman–Crippen MR) is 90.7 cm³/mol. The first-order chi connectivity index (χ1) is 11.1. The summed E-state index contributed by atoms with van der Waals surface area (Å²) < 4.78 is 5.10. The van der Waals surface area contributed by atoms with Gasteiger partial charge in [-0.05, 0) is 48.4 Å². The molecule has 0 saturated carbocycles. The van der Waals surface area contributed by atoms with Crippen LogP contribution in [0.2, 0.25) is 0 Å². The van der Waals surface area contributed by atoms with Crippen LogP contribution in [0, 0.1) is 0 Å². The Morgan fingerprint density at radius 1 is 0.913 bits per heavy atom. The molecular formula is C18H20N2O3. The highest BCUT2D eigenvalue weighted by Crippen LogP contribution is 2.15. The van der Waals surface area contributed by atoms with Gasteiger partial charge < -0.3 is 15.4 Å². The lowest BCUT2D eigenvalue weighted by atomic mass is 10.1. The number of rotatable bonds is 6. The van der Waals surface area contributed by atoms with Gasteiger partial charge in [-0.2, -0.15) is 0 Å². The molecule has 0 aliphatic rings. The zero-order valence-electron chi connectivity index (χ0n) is 13.3. The lowest BCUT2D eigenvalue weighted by molar-refractivity contribution is -0.116. The highest BCUT2D eigenvalue weighted by molar-refractivity contribution is 5.92. The molecule has 5 nitrogen and oxygen atoms in total. The predicted octanol–water partition coefficient (Wildman–Crippen LogP) is 3.22. The number of amides is 2. The Hall–Kier alpha value is -2.82. The number of hydrogen-bond acceptors (Lipinski definition) is 3. The molecule has 2 amide bonds. The SMILES string of the molecule is COc1ccc(CCC(=O)Nc2ccc(NC(C)=O)cc2)cc1. The van der Waals surface area contributed by atoms with Gasteiger partial charge in [0.15, 0.2) is 0 Å². The molecular weight excluding hydrogens is 292 g/mol. The number of methoxy groups -OCH3 is 1. The van der Waals surface area contributed by atoms with Gasteiger partial charge in [0, 0.05) is 24.7 Å². The largest absolute Gasteiger partial charge is 0.497 e. The third-order valence-electron chi connectivity index (χ3n) is 3.29. The average Bonchev–Trinajstić information content (AvgIpc) is 2.55. The summed E-state index contributed by atoms with van der Waals surface area (Å²) >= 11 is 0. The number of hydrogen-bond donors (Lipinski definition) is 2. The van der Waals surface area contributed by atoms with Crippen LogP contribution in [0.5, 0.6) is 5.75 Å². The van der Waals surface area contributed by atoms with Gasteiger partial charge in [0.05, 0.1) is 7.11 Å². The Labute approximate surface area is 135 Å². The van der Waals surface area contributed by atoms with E-state index in [0.29, 0.717) is 24.2 Å². The van der Waals surface area contributed by atoms with Crippen LogP contribution in [0.4, 0.5) is 11.4 Å². The van der Waals surface area contributed by atoms with E-state index in [1.165, 1.54) is 6.92 Å². The quantitative estimate of drug-likeness (QED) is 0.860. The van der Waals surface area contributed by atoms with E-state index in [4.69, 9.17) is 4.74 Å². The number of carbonyl (C=O) groups is 2. The minimum Gasteiger partial charge on any atom is -0.497 e. The number of carbonyl (C=O) groups excluding carboxylic acids is 2. The zero-order valence-corrected chi connectivity index (χ0v) is 13.3. The molecule has 0 unspecified atom stereocenters. The zero-order chi connectivity index (χ0) is 16.7. The third-order valence-corrected chi connectivity index (χ3v) is 3.29. The molecule has 0 spiro atoms. The van der Waals surface area contributed by atoms with Crippen molar-refractivity contribution in [2.45, 2.75) is 19.8 Å². The monoisotopic (exact) mass is 312 g/mol. The summed E-state index contributed by atoms with van der Waals surface area (Å²) in [6, 6.07) is 14.7. The summed E-state index contributed by atoms with van der Waals surface area (Å²) in [4.78, 5) is 22.9. The summed E-state index contributed by atoms with van der Waals surface area (Å²) in [5.41, 5.74) is 2.49. The highest BCUT2D eigenvalue weighted by atomic mass is 16.5. The van der Waals surface area contributed by atoms with Crippen LogP contribution in [0.3, 0.4) is 0 Å². The fourth-order valence-corrected chi connectivity index (χ4v) is 2.11. The molecule has 0 atom stereocenters. The van der Waals surface area contributed by atoms with Crippen molar-refractivity contribution in [3.05, 3.63) is 54.1 Å². The molecule has 23 heavy (non-hydrogen) atoms. The van der Waals surface area contributed by atoms with E-state index in [0.717, 1.165) is 11.3 Å². The number of benzene rings is 2. The van der Waals surface area contributed by atoms with Crippen LogP contribution >= 0.6 is 0 Å². The van der Waals surface area contributed by atoms with Gasteiger partial charge in [-0.1, -0.05) is 12.1 Å². The Kier molecular flexibility index (Phi) is 5.74. The van der Waals surface area contributed by atoms with Crippen molar-refractivity contribution in [2.24, 2.45) is 0 Å². The second kappa shape index (κ2) is 7.98. The maximum atomic E-state index is 12.0. The maximum Gasteiger partial charge on any atom is 0.224 e. The van der Waals surface area contributed by atoms with Gasteiger partial charge >= 0.3 is 0 Å². The van der Waals surface area contributed by atoms with Gasteiger partial charge in [-0.3, -0.25) is 9.59 Å². The smallest absolute Gasteiger partial charge is 0.224 e. The molecule has 2 N–H and O–H groups in total. The number of aryl methyl sites for hydroxylation is 1. The van der Waals surface area contributed by atoms with Crippen molar-refractivity contribution >= 4 is 23.2 Å². The van der Waals surface area contributed by atoms with Crippen molar-refractivity contribution in [2.75, 3.05) is 17.7 Å². The van der Waals surface area contributed by atoms with E-state index >= 15 is 0 Å². The van der Waals surface area contributed by atoms with E-state index in [1.54, 1.807) is 31.4 Å². The average molecular weight is 312 g/mol. The van der Waals surface area contributed by atoms with Gasteiger partial charge in [0.2, 0.25) is 11.8 Å². The van der Waals surface area contributed by atoms with E-state index < -0.39 is 0 Å². The molecule has 0 saturated heterocycles. The Bertz CT molecular complexity index is 664. The second-order valence-corrected chi connectivity index (χ2v) is 5.15. The molecule has 2 rings (SSSR count). The summed E-state index contributed by atoms with van der Waals surface area (Å²) in [5.74, 6) is 0.631. The first-order valence-corrected chi connectivity index (χ1v) is 7.37. The normalized spacial score (nSPS) is 10.0. The van der Waals surface area contributed by atoms with Crippen molar-refractivity contribution in [3.63, 3.8) is 0 Å². The topological polar surface area (TPSA) is 67.4 Å². The van der Waals surface area contributed by atoms with E-state index in [2.05, 4.69) is 10.6 Å². The second-order valence-electron chi connectivity index (χ2n) is 5.15. The standard InChI is InChI=1S/C18H20N2O3/c1-13(21)19-15-6-8-16(9-7-15)20-18(22)12-5-14-3-10-17(23-2)11-4-14/h3-4,6-11H,5,12H2,1-2H3,(H,19,21)(H,20,22). The fourth-order valence-electron chi connectivity index (χ4n) is 2.11. The maximum absolute atomic E-state index is 12.0. The van der Waals surface area contributed by atoms with Crippen LogP contribution in [0.1, 0.15) is 18.9 Å². The van der Waals surface area contributed by atoms with Crippen molar-refractivity contribution < 1.29 is 14.3 Å². The van der Waals surface area contributed by atoms with Crippen LogP contribution in [0.25, 0.3) is 0 Å². The van der Waals surface area contributed by atoms with Crippen molar-refractivity contribution in [1.29, 1.82) is 0 Å². The van der Waals surface area contributed by atoms with Crippen LogP contribution in [-0.4, -0.2) is 18.9 Å². The lowest BCUT2D eigenvalue weighted by Gasteiger charge is -2.07. The van der Waals surface area contributed by atoms with Gasteiger partial charge in [0.1, 0.15) is 5.75 Å². The van der Waals surface area contributed by atoms with Crippen LogP contribution < -0.4 is 15.4 Å². The molecule has 0 aliphatic carbocycles. The van der Waals surface area contributed by atoms with Crippen molar-refractivity contribution in [3.8, 4) is 5.75 Å². The van der Waals surface area contributed by atoms with E-state index in [9.17, 15) is 9.59 Å². The number of anilines is 2. The van der Waals surface area contributed by atoms with E-state index in [1.807, 2.05) is 24.3 Å². The summed E-state index contributed by atoms with van der Waals surface area (Å²) in [5, 5.41) is 5.52. The number of nitrogens with one attached hydrogen (secondary N) is 2. The third kappa shape index (κ3) is 5.47. The molecule has 0 fully saturated rings. The molecule has 0 radical (unpaired) electrons. The lowest BCUT2D eigenvalue weighted by Crippen LogP contribution is -2.12. The number of ether oxygens (including phenoxy) is 1. The molecule has 0 heterocycles. The van der Waals surface area contributed by atoms with Crippen LogP contribution in [-0.2, 0) is 16.0 Å². The van der Waals surface area contributed by atoms with Gasteiger partial charge in [-0.25, -0.2) is 0 Å². The molecule has 0 aliphatic heterocycles. The highest BCUT2D eigenvalue weighted by Gasteiger charge is 2.04. The van der Waals surface area contributed by atoms with Gasteiger partial charge in [0.25, 0.3) is 0 Å². The molecule has 2 aromatic rings. The Balaban J connectivity index is 1.82. The fraction of sp³-hybridized carbons (Fsp3) is 0.222. The molecule has 120 valence electrons. The Morgan fingerprint density at radius 3 is 2.00 bits per heavy atom. The summed E-state index contributed by atoms with van der Waals surface area (Å²) in [7, 11) is 1.62.